The maximum absolute atomic E-state index is 12.2. The van der Waals surface area contributed by atoms with Gasteiger partial charge in [-0.3, -0.25) is 0 Å². The molecule has 0 spiro atoms. The Labute approximate surface area is 167 Å². The van der Waals surface area contributed by atoms with Gasteiger partial charge in [-0.15, -0.1) is 0 Å². The number of rotatable bonds is 9. The van der Waals surface area contributed by atoms with Gasteiger partial charge in [0.05, 0.1) is 11.4 Å². The van der Waals surface area contributed by atoms with Gasteiger partial charge in [-0.2, -0.15) is 0 Å². The maximum atomic E-state index is 12.2. The second-order valence-corrected chi connectivity index (χ2v) is 8.61. The lowest BCUT2D eigenvalue weighted by atomic mass is 10.1. The summed E-state index contributed by atoms with van der Waals surface area (Å²) in [7, 11) is -3.40. The predicted molar refractivity (Wildman–Crippen MR) is 113 cm³/mol. The van der Waals surface area contributed by atoms with Crippen molar-refractivity contribution in [3.05, 3.63) is 65.7 Å². The van der Waals surface area contributed by atoms with Gasteiger partial charge in [0.1, 0.15) is 0 Å². The Morgan fingerprint density at radius 1 is 1.00 bits per heavy atom. The molecule has 0 heterocycles. The Hall–Kier alpha value is -2.38. The molecule has 0 aliphatic heterocycles. The van der Waals surface area contributed by atoms with E-state index in [2.05, 4.69) is 32.5 Å². The molecule has 28 heavy (non-hydrogen) atoms. The SMILES string of the molecule is CCNC(=NCc1ccc(S(=O)(=O)NC2CC2)cc1)NCCc1ccccc1. The highest BCUT2D eigenvalue weighted by Gasteiger charge is 2.27. The van der Waals surface area contributed by atoms with Crippen molar-refractivity contribution in [2.45, 2.75) is 43.7 Å². The number of benzene rings is 2. The van der Waals surface area contributed by atoms with Crippen LogP contribution in [-0.4, -0.2) is 33.5 Å². The normalized spacial score (nSPS) is 14.7. The van der Waals surface area contributed by atoms with Crippen molar-refractivity contribution in [3.8, 4) is 0 Å². The molecule has 0 atom stereocenters. The van der Waals surface area contributed by atoms with Crippen molar-refractivity contribution in [2.75, 3.05) is 13.1 Å². The van der Waals surface area contributed by atoms with Crippen LogP contribution in [0.2, 0.25) is 0 Å². The van der Waals surface area contributed by atoms with Crippen molar-refractivity contribution in [1.82, 2.24) is 15.4 Å². The molecule has 0 unspecified atom stereocenters. The lowest BCUT2D eigenvalue weighted by Crippen LogP contribution is -2.38. The first-order valence-electron chi connectivity index (χ1n) is 9.74. The molecule has 6 nitrogen and oxygen atoms in total. The van der Waals surface area contributed by atoms with Crippen LogP contribution in [0.15, 0.2) is 64.5 Å². The van der Waals surface area contributed by atoms with Crippen molar-refractivity contribution >= 4 is 16.0 Å². The van der Waals surface area contributed by atoms with E-state index in [1.54, 1.807) is 12.1 Å². The molecular formula is C21H28N4O2S. The van der Waals surface area contributed by atoms with Crippen LogP contribution in [0.5, 0.6) is 0 Å². The highest BCUT2D eigenvalue weighted by molar-refractivity contribution is 7.89. The molecule has 2 aromatic rings. The van der Waals surface area contributed by atoms with E-state index >= 15 is 0 Å². The summed E-state index contributed by atoms with van der Waals surface area (Å²) in [6.45, 7) is 4.08. The molecule has 0 radical (unpaired) electrons. The smallest absolute Gasteiger partial charge is 0.240 e. The lowest BCUT2D eigenvalue weighted by molar-refractivity contribution is 0.581. The Balaban J connectivity index is 1.54. The molecule has 0 amide bonds. The van der Waals surface area contributed by atoms with Crippen LogP contribution in [0.25, 0.3) is 0 Å². The van der Waals surface area contributed by atoms with Gasteiger partial charge in [0, 0.05) is 19.1 Å². The molecule has 0 aromatic heterocycles. The Bertz CT molecular complexity index is 876. The van der Waals surface area contributed by atoms with Crippen LogP contribution in [0.4, 0.5) is 0 Å². The number of hydrogen-bond donors (Lipinski definition) is 3. The van der Waals surface area contributed by atoms with E-state index in [9.17, 15) is 8.42 Å². The standard InChI is InChI=1S/C21H28N4O2S/c1-2-22-21(23-15-14-17-6-4-3-5-7-17)24-16-18-8-12-20(13-9-18)28(26,27)25-19-10-11-19/h3-9,12-13,19,25H,2,10-11,14-16H2,1H3,(H2,22,23,24). The first-order chi connectivity index (χ1) is 13.6. The average Bonchev–Trinajstić information content (AvgIpc) is 3.50. The Kier molecular flexibility index (Phi) is 7.06. The molecule has 0 saturated heterocycles. The van der Waals surface area contributed by atoms with Gasteiger partial charge in [-0.1, -0.05) is 42.5 Å². The topological polar surface area (TPSA) is 82.6 Å². The lowest BCUT2D eigenvalue weighted by Gasteiger charge is -2.11. The van der Waals surface area contributed by atoms with E-state index in [-0.39, 0.29) is 6.04 Å². The number of hydrogen-bond acceptors (Lipinski definition) is 3. The van der Waals surface area contributed by atoms with Crippen LogP contribution in [-0.2, 0) is 23.0 Å². The van der Waals surface area contributed by atoms with E-state index in [1.165, 1.54) is 5.56 Å². The zero-order valence-corrected chi connectivity index (χ0v) is 17.0. The molecule has 7 heteroatoms. The first-order valence-corrected chi connectivity index (χ1v) is 11.2. The first kappa shape index (κ1) is 20.4. The molecule has 0 bridgehead atoms. The molecule has 1 saturated carbocycles. The summed E-state index contributed by atoms with van der Waals surface area (Å²) in [6, 6.07) is 17.4. The van der Waals surface area contributed by atoms with Crippen molar-refractivity contribution in [2.24, 2.45) is 4.99 Å². The zero-order valence-electron chi connectivity index (χ0n) is 16.2. The minimum atomic E-state index is -3.40. The second-order valence-electron chi connectivity index (χ2n) is 6.90. The molecule has 1 fully saturated rings. The number of nitrogens with one attached hydrogen (secondary N) is 3. The highest BCUT2D eigenvalue weighted by Crippen LogP contribution is 2.22. The molecule has 3 N–H and O–H groups in total. The number of sulfonamides is 1. The van der Waals surface area contributed by atoms with Crippen molar-refractivity contribution in [3.63, 3.8) is 0 Å². The summed E-state index contributed by atoms with van der Waals surface area (Å²) >= 11 is 0. The van der Waals surface area contributed by atoms with Gasteiger partial charge in [0.15, 0.2) is 5.96 Å². The molecule has 3 rings (SSSR count). The van der Waals surface area contributed by atoms with Crippen LogP contribution < -0.4 is 15.4 Å². The monoisotopic (exact) mass is 400 g/mol. The van der Waals surface area contributed by atoms with Crippen LogP contribution in [0.3, 0.4) is 0 Å². The fourth-order valence-electron chi connectivity index (χ4n) is 2.74. The summed E-state index contributed by atoms with van der Waals surface area (Å²) in [5.41, 5.74) is 2.24. The Morgan fingerprint density at radius 3 is 2.36 bits per heavy atom. The number of nitrogens with zero attached hydrogens (tertiary/aromatic N) is 1. The van der Waals surface area contributed by atoms with Gasteiger partial charge in [-0.05, 0) is 49.4 Å². The summed E-state index contributed by atoms with van der Waals surface area (Å²) in [6.07, 6.45) is 2.78. The highest BCUT2D eigenvalue weighted by atomic mass is 32.2. The van der Waals surface area contributed by atoms with Gasteiger partial charge >= 0.3 is 0 Å². The van der Waals surface area contributed by atoms with E-state index in [4.69, 9.17) is 0 Å². The van der Waals surface area contributed by atoms with E-state index in [0.29, 0.717) is 11.4 Å². The fourth-order valence-corrected chi connectivity index (χ4v) is 4.05. The number of aliphatic imine (C=N–C) groups is 1. The summed E-state index contributed by atoms with van der Waals surface area (Å²) < 4.78 is 27.1. The van der Waals surface area contributed by atoms with Gasteiger partial charge in [0.25, 0.3) is 0 Å². The van der Waals surface area contributed by atoms with Gasteiger partial charge in [-0.25, -0.2) is 18.1 Å². The van der Waals surface area contributed by atoms with Crippen molar-refractivity contribution < 1.29 is 8.42 Å². The minimum Gasteiger partial charge on any atom is -0.357 e. The van der Waals surface area contributed by atoms with E-state index in [0.717, 1.165) is 43.9 Å². The average molecular weight is 401 g/mol. The van der Waals surface area contributed by atoms with Crippen LogP contribution >= 0.6 is 0 Å². The Morgan fingerprint density at radius 2 is 1.71 bits per heavy atom. The van der Waals surface area contributed by atoms with Crippen LogP contribution in [0.1, 0.15) is 30.9 Å². The summed E-state index contributed by atoms with van der Waals surface area (Å²) in [4.78, 5) is 4.90. The van der Waals surface area contributed by atoms with Gasteiger partial charge in [0.2, 0.25) is 10.0 Å². The molecule has 2 aromatic carbocycles. The predicted octanol–water partition coefficient (Wildman–Crippen LogP) is 2.43. The van der Waals surface area contributed by atoms with Crippen LogP contribution in [0, 0.1) is 0 Å². The quantitative estimate of drug-likeness (QED) is 0.446. The molecule has 1 aliphatic rings. The third-order valence-corrected chi connectivity index (χ3v) is 5.98. The second kappa shape index (κ2) is 9.71. The van der Waals surface area contributed by atoms with E-state index < -0.39 is 10.0 Å². The fraction of sp³-hybridized carbons (Fsp3) is 0.381. The molecular weight excluding hydrogens is 372 g/mol. The van der Waals surface area contributed by atoms with Crippen molar-refractivity contribution in [1.29, 1.82) is 0 Å². The maximum Gasteiger partial charge on any atom is 0.240 e. The third kappa shape index (κ3) is 6.35. The summed E-state index contributed by atoms with van der Waals surface area (Å²) in [5, 5.41) is 6.57. The van der Waals surface area contributed by atoms with E-state index in [1.807, 2.05) is 37.3 Å². The largest absolute Gasteiger partial charge is 0.357 e. The molecule has 150 valence electrons. The third-order valence-electron chi connectivity index (χ3n) is 4.45. The zero-order chi connectivity index (χ0) is 19.8. The molecule has 1 aliphatic carbocycles. The van der Waals surface area contributed by atoms with Gasteiger partial charge < -0.3 is 10.6 Å². The minimum absolute atomic E-state index is 0.110. The number of guanidine groups is 1. The summed E-state index contributed by atoms with van der Waals surface area (Å²) in [5.74, 6) is 0.755.